The third-order valence-electron chi connectivity index (χ3n) is 5.68. The first-order valence-electron chi connectivity index (χ1n) is 10.8. The van der Waals surface area contributed by atoms with Crippen LogP contribution < -0.4 is 10.1 Å². The van der Waals surface area contributed by atoms with Crippen LogP contribution in [-0.2, 0) is 4.79 Å². The van der Waals surface area contributed by atoms with Crippen LogP contribution in [0.15, 0.2) is 36.4 Å². The minimum atomic E-state index is -0.822. The van der Waals surface area contributed by atoms with E-state index in [1.807, 2.05) is 26.2 Å². The molecule has 1 N–H and O–H groups in total. The van der Waals surface area contributed by atoms with Crippen molar-refractivity contribution in [2.24, 2.45) is 0 Å². The molecule has 0 fully saturated rings. The first-order chi connectivity index (χ1) is 15.3. The number of rotatable bonds is 10. The number of carbonyl (C=O) groups is 3. The molecule has 0 aliphatic carbocycles. The maximum absolute atomic E-state index is 12.9. The number of fused-ring (bicyclic) bond motifs is 1. The summed E-state index contributed by atoms with van der Waals surface area (Å²) in [5.74, 6) is 0.412. The fourth-order valence-electron chi connectivity index (χ4n) is 3.83. The molecule has 0 saturated heterocycles. The first-order valence-corrected chi connectivity index (χ1v) is 12.2. The molecule has 7 heteroatoms. The van der Waals surface area contributed by atoms with Crippen molar-refractivity contribution in [2.45, 2.75) is 39.7 Å². The van der Waals surface area contributed by atoms with Crippen LogP contribution in [-0.4, -0.2) is 53.8 Å². The Morgan fingerprint density at radius 3 is 2.38 bits per heavy atom. The van der Waals surface area contributed by atoms with Crippen LogP contribution in [0, 0.1) is 20.8 Å². The molecule has 1 heterocycles. The zero-order valence-corrected chi connectivity index (χ0v) is 19.9. The molecule has 3 rings (SSSR count). The quantitative estimate of drug-likeness (QED) is 0.435. The fraction of sp³-hybridized carbons (Fsp3) is 0.400. The maximum atomic E-state index is 12.9. The van der Waals surface area contributed by atoms with Crippen molar-refractivity contribution in [3.8, 4) is 5.75 Å². The van der Waals surface area contributed by atoms with Crippen molar-refractivity contribution in [2.75, 3.05) is 25.2 Å². The largest absolute Gasteiger partial charge is 0.493 e. The molecule has 0 radical (unpaired) electrons. The van der Waals surface area contributed by atoms with Gasteiger partial charge in [0.25, 0.3) is 11.8 Å². The minimum Gasteiger partial charge on any atom is -0.493 e. The van der Waals surface area contributed by atoms with E-state index in [1.165, 1.54) is 5.56 Å². The van der Waals surface area contributed by atoms with Crippen molar-refractivity contribution < 1.29 is 19.1 Å². The molecule has 0 aromatic heterocycles. The summed E-state index contributed by atoms with van der Waals surface area (Å²) in [4.78, 5) is 39.7. The van der Waals surface area contributed by atoms with Crippen LogP contribution in [0.5, 0.6) is 5.75 Å². The van der Waals surface area contributed by atoms with Gasteiger partial charge in [0.2, 0.25) is 5.91 Å². The molecule has 0 saturated carbocycles. The SMILES string of the molecule is CSCCC(C(=O)NCCCOc1cc(C)cc(C)c1C)N1C(=O)c2ccccc2C1=O. The highest BCUT2D eigenvalue weighted by molar-refractivity contribution is 7.98. The average molecular weight is 455 g/mol. The smallest absolute Gasteiger partial charge is 0.262 e. The highest BCUT2D eigenvalue weighted by Crippen LogP contribution is 2.26. The van der Waals surface area contributed by atoms with Crippen molar-refractivity contribution in [3.05, 3.63) is 64.2 Å². The number of ether oxygens (including phenoxy) is 1. The summed E-state index contributed by atoms with van der Waals surface area (Å²) in [5, 5.41) is 2.89. The third kappa shape index (κ3) is 5.15. The predicted octanol–water partition coefficient (Wildman–Crippen LogP) is 3.91. The van der Waals surface area contributed by atoms with Crippen molar-refractivity contribution in [1.29, 1.82) is 0 Å². The Morgan fingerprint density at radius 1 is 1.09 bits per heavy atom. The lowest BCUT2D eigenvalue weighted by molar-refractivity contribution is -0.125. The molecule has 170 valence electrons. The van der Waals surface area contributed by atoms with Gasteiger partial charge < -0.3 is 10.1 Å². The van der Waals surface area contributed by atoms with E-state index in [9.17, 15) is 14.4 Å². The Hall–Kier alpha value is -2.80. The number of nitrogens with one attached hydrogen (secondary N) is 1. The molecule has 0 spiro atoms. The van der Waals surface area contributed by atoms with Crippen LogP contribution in [0.25, 0.3) is 0 Å². The number of aryl methyl sites for hydroxylation is 2. The van der Waals surface area contributed by atoms with E-state index in [1.54, 1.807) is 36.0 Å². The summed E-state index contributed by atoms with van der Waals surface area (Å²) in [6, 6.07) is 10.0. The maximum Gasteiger partial charge on any atom is 0.262 e. The molecule has 32 heavy (non-hydrogen) atoms. The third-order valence-corrected chi connectivity index (χ3v) is 6.32. The van der Waals surface area contributed by atoms with Crippen LogP contribution in [0.2, 0.25) is 0 Å². The van der Waals surface area contributed by atoms with Gasteiger partial charge in [-0.2, -0.15) is 11.8 Å². The monoisotopic (exact) mass is 454 g/mol. The van der Waals surface area contributed by atoms with Gasteiger partial charge in [-0.15, -0.1) is 0 Å². The van der Waals surface area contributed by atoms with E-state index < -0.39 is 17.9 Å². The molecule has 2 aromatic carbocycles. The van der Waals surface area contributed by atoms with Crippen LogP contribution >= 0.6 is 11.8 Å². The van der Waals surface area contributed by atoms with Crippen molar-refractivity contribution in [3.63, 3.8) is 0 Å². The van der Waals surface area contributed by atoms with Crippen LogP contribution in [0.3, 0.4) is 0 Å². The fourth-order valence-corrected chi connectivity index (χ4v) is 4.29. The number of hydrogen-bond donors (Lipinski definition) is 1. The number of nitrogens with zero attached hydrogens (tertiary/aromatic N) is 1. The molecule has 2 aromatic rings. The Bertz CT molecular complexity index is 986. The Kier molecular flexibility index (Phi) is 7.96. The van der Waals surface area contributed by atoms with E-state index >= 15 is 0 Å². The molecule has 1 aliphatic rings. The lowest BCUT2D eigenvalue weighted by Gasteiger charge is -2.25. The number of amides is 3. The normalized spacial score (nSPS) is 13.8. The summed E-state index contributed by atoms with van der Waals surface area (Å²) in [6.07, 6.45) is 2.97. The Morgan fingerprint density at radius 2 is 1.75 bits per heavy atom. The van der Waals surface area contributed by atoms with Crippen LogP contribution in [0.1, 0.15) is 50.2 Å². The van der Waals surface area contributed by atoms with E-state index in [4.69, 9.17) is 4.74 Å². The Balaban J connectivity index is 1.58. The number of benzene rings is 2. The Labute approximate surface area is 193 Å². The first kappa shape index (κ1) is 23.9. The van der Waals surface area contributed by atoms with E-state index in [0.29, 0.717) is 42.9 Å². The number of carbonyl (C=O) groups excluding carboxylic acids is 3. The second kappa shape index (κ2) is 10.7. The van der Waals surface area contributed by atoms with Crippen molar-refractivity contribution in [1.82, 2.24) is 10.2 Å². The van der Waals surface area contributed by atoms with Gasteiger partial charge in [-0.05, 0) is 80.5 Å². The number of imide groups is 1. The summed E-state index contributed by atoms with van der Waals surface area (Å²) >= 11 is 1.58. The van der Waals surface area contributed by atoms with Gasteiger partial charge in [-0.25, -0.2) is 0 Å². The van der Waals surface area contributed by atoms with Gasteiger partial charge in [0.1, 0.15) is 11.8 Å². The molecule has 3 amide bonds. The average Bonchev–Trinajstić information content (AvgIpc) is 3.02. The van der Waals surface area contributed by atoms with Crippen LogP contribution in [0.4, 0.5) is 0 Å². The minimum absolute atomic E-state index is 0.309. The molecule has 1 atom stereocenters. The van der Waals surface area contributed by atoms with Crippen molar-refractivity contribution >= 4 is 29.5 Å². The molecule has 0 bridgehead atoms. The summed E-state index contributed by atoms with van der Waals surface area (Å²) in [5.41, 5.74) is 4.16. The zero-order valence-electron chi connectivity index (χ0n) is 19.1. The highest BCUT2D eigenvalue weighted by Gasteiger charge is 2.42. The summed E-state index contributed by atoms with van der Waals surface area (Å²) < 4.78 is 5.91. The molecule has 1 unspecified atom stereocenters. The van der Waals surface area contributed by atoms with Gasteiger partial charge in [-0.1, -0.05) is 18.2 Å². The van der Waals surface area contributed by atoms with Gasteiger partial charge in [0.05, 0.1) is 17.7 Å². The van der Waals surface area contributed by atoms with E-state index in [0.717, 1.165) is 21.8 Å². The lowest BCUT2D eigenvalue weighted by atomic mass is 10.1. The number of hydrogen-bond acceptors (Lipinski definition) is 5. The highest BCUT2D eigenvalue weighted by atomic mass is 32.2. The second-order valence-electron chi connectivity index (χ2n) is 8.02. The summed E-state index contributed by atoms with van der Waals surface area (Å²) in [7, 11) is 0. The molecule has 1 aliphatic heterocycles. The molecular formula is C25H30N2O4S. The lowest BCUT2D eigenvalue weighted by Crippen LogP contribution is -2.50. The summed E-state index contributed by atoms with van der Waals surface area (Å²) in [6.45, 7) is 7.00. The standard InChI is InChI=1S/C25H30N2O4S/c1-16-14-17(2)18(3)22(15-16)31-12-7-11-26-23(28)21(10-13-32-4)27-24(29)19-8-5-6-9-20(19)25(27)30/h5-6,8-9,14-15,21H,7,10-13H2,1-4H3,(H,26,28). The van der Waals surface area contributed by atoms with E-state index in [-0.39, 0.29) is 5.91 Å². The van der Waals surface area contributed by atoms with E-state index in [2.05, 4.69) is 18.3 Å². The molecular weight excluding hydrogens is 424 g/mol. The number of thioether (sulfide) groups is 1. The predicted molar refractivity (Wildman–Crippen MR) is 128 cm³/mol. The molecule has 6 nitrogen and oxygen atoms in total. The van der Waals surface area contributed by atoms with Gasteiger partial charge in [-0.3, -0.25) is 19.3 Å². The van der Waals surface area contributed by atoms with Gasteiger partial charge in [0, 0.05) is 6.54 Å². The van der Waals surface area contributed by atoms with Gasteiger partial charge in [0.15, 0.2) is 0 Å². The zero-order chi connectivity index (χ0) is 23.3. The van der Waals surface area contributed by atoms with Gasteiger partial charge >= 0.3 is 0 Å². The topological polar surface area (TPSA) is 75.7 Å². The second-order valence-corrected chi connectivity index (χ2v) is 9.01.